The molecule has 1 aliphatic carbocycles. The molecule has 3 aromatic rings. The van der Waals surface area contributed by atoms with Gasteiger partial charge in [0.05, 0.1) is 17.4 Å². The van der Waals surface area contributed by atoms with E-state index in [1.807, 2.05) is 59.5 Å². The van der Waals surface area contributed by atoms with Crippen molar-refractivity contribution in [1.29, 1.82) is 0 Å². The van der Waals surface area contributed by atoms with Crippen LogP contribution in [-0.2, 0) is 9.59 Å². The van der Waals surface area contributed by atoms with E-state index in [0.717, 1.165) is 53.9 Å². The Labute approximate surface area is 214 Å². The van der Waals surface area contributed by atoms with Gasteiger partial charge < -0.3 is 5.32 Å². The highest BCUT2D eigenvalue weighted by Gasteiger charge is 2.41. The third kappa shape index (κ3) is 4.73. The second kappa shape index (κ2) is 10.5. The molecule has 1 heterocycles. The molecule has 5 rings (SSSR count). The van der Waals surface area contributed by atoms with Crippen LogP contribution in [0.5, 0.6) is 0 Å². The number of fused-ring (bicyclic) bond motifs is 1. The van der Waals surface area contributed by atoms with Crippen molar-refractivity contribution in [2.24, 2.45) is 0 Å². The quantitative estimate of drug-likeness (QED) is 0.374. The van der Waals surface area contributed by atoms with Crippen molar-refractivity contribution in [3.05, 3.63) is 107 Å². The first-order valence-electron chi connectivity index (χ1n) is 13.1. The van der Waals surface area contributed by atoms with Crippen LogP contribution < -0.4 is 10.2 Å². The van der Waals surface area contributed by atoms with Gasteiger partial charge in [0.1, 0.15) is 0 Å². The van der Waals surface area contributed by atoms with E-state index < -0.39 is 6.04 Å². The number of rotatable bonds is 6. The zero-order valence-corrected chi connectivity index (χ0v) is 21.2. The second-order valence-corrected chi connectivity index (χ2v) is 10.0. The summed E-state index contributed by atoms with van der Waals surface area (Å²) in [5.74, 6) is 0.288. The summed E-state index contributed by atoms with van der Waals surface area (Å²) < 4.78 is 0. The van der Waals surface area contributed by atoms with Gasteiger partial charge in [0.15, 0.2) is 5.78 Å². The summed E-state index contributed by atoms with van der Waals surface area (Å²) in [7, 11) is 0. The fraction of sp³-hybridized carbons (Fsp3) is 0.312. The number of benzene rings is 3. The molecule has 36 heavy (non-hydrogen) atoms. The van der Waals surface area contributed by atoms with Gasteiger partial charge in [0.25, 0.3) is 0 Å². The topological polar surface area (TPSA) is 49.4 Å². The summed E-state index contributed by atoms with van der Waals surface area (Å²) in [6.07, 6.45) is 4.57. The number of carbonyl (C=O) groups excluding carboxylic acids is 2. The minimum atomic E-state index is -0.446. The molecule has 0 bridgehead atoms. The fourth-order valence-electron chi connectivity index (χ4n) is 5.54. The average Bonchev–Trinajstić information content (AvgIpc) is 3.04. The number of carbonyl (C=O) groups is 2. The normalized spacial score (nSPS) is 19.3. The molecule has 0 unspecified atom stereocenters. The Bertz CT molecular complexity index is 1280. The summed E-state index contributed by atoms with van der Waals surface area (Å²) in [6, 6.07) is 26.1. The van der Waals surface area contributed by atoms with E-state index >= 15 is 0 Å². The zero-order valence-electron chi connectivity index (χ0n) is 21.2. The van der Waals surface area contributed by atoms with Crippen molar-refractivity contribution in [3.63, 3.8) is 0 Å². The molecule has 1 aliphatic heterocycles. The number of hydrogen-bond donors (Lipinski definition) is 1. The third-order valence-corrected chi connectivity index (χ3v) is 7.42. The standard InChI is InChI=1S/C32H34N2O2/c1-3-4-6-15-30(36)34-28-14-10-9-13-26(28)33-27-20-25(23-18-16-22(2)17-19-23)21-29(35)31(27)32(34)24-11-7-5-8-12-24/h5,7-14,16-19,25,32-33H,3-4,6,15,20-21H2,1-2H3/t25-,32-/m1/s1. The molecule has 3 aromatic carbocycles. The first-order valence-corrected chi connectivity index (χ1v) is 13.1. The van der Waals surface area contributed by atoms with Crippen LogP contribution in [-0.4, -0.2) is 11.7 Å². The molecule has 4 heteroatoms. The van der Waals surface area contributed by atoms with Crippen molar-refractivity contribution in [1.82, 2.24) is 0 Å². The maximum absolute atomic E-state index is 14.0. The molecule has 0 fully saturated rings. The van der Waals surface area contributed by atoms with Gasteiger partial charge >= 0.3 is 0 Å². The number of para-hydroxylation sites is 2. The first-order chi connectivity index (χ1) is 17.6. The molecule has 1 amide bonds. The number of nitrogens with one attached hydrogen (secondary N) is 1. The van der Waals surface area contributed by atoms with Gasteiger partial charge in [-0.15, -0.1) is 0 Å². The number of amides is 1. The van der Waals surface area contributed by atoms with Crippen LogP contribution in [0.25, 0.3) is 0 Å². The SMILES string of the molecule is CCCCCC(=O)N1c2ccccc2NC2=C(C(=O)C[C@H](c3ccc(C)cc3)C2)[C@H]1c1ccccc1. The summed E-state index contributed by atoms with van der Waals surface area (Å²) >= 11 is 0. The summed E-state index contributed by atoms with van der Waals surface area (Å²) in [4.78, 5) is 29.7. The van der Waals surface area contributed by atoms with Gasteiger partial charge in [-0.25, -0.2) is 0 Å². The molecule has 0 saturated carbocycles. The maximum atomic E-state index is 14.0. The Morgan fingerprint density at radius 1 is 0.889 bits per heavy atom. The predicted molar refractivity (Wildman–Crippen MR) is 146 cm³/mol. The van der Waals surface area contributed by atoms with Crippen LogP contribution in [0.3, 0.4) is 0 Å². The molecule has 0 aromatic heterocycles. The highest BCUT2D eigenvalue weighted by atomic mass is 16.2. The van der Waals surface area contributed by atoms with Crippen molar-refractivity contribution in [2.45, 2.75) is 64.3 Å². The largest absolute Gasteiger partial charge is 0.357 e. The molecular formula is C32H34N2O2. The van der Waals surface area contributed by atoms with E-state index in [0.29, 0.717) is 12.8 Å². The lowest BCUT2D eigenvalue weighted by molar-refractivity contribution is -0.119. The summed E-state index contributed by atoms with van der Waals surface area (Å²) in [5.41, 5.74) is 6.74. The van der Waals surface area contributed by atoms with Crippen LogP contribution >= 0.6 is 0 Å². The minimum Gasteiger partial charge on any atom is -0.357 e. The van der Waals surface area contributed by atoms with Gasteiger partial charge in [0.2, 0.25) is 5.91 Å². The highest BCUT2D eigenvalue weighted by molar-refractivity contribution is 6.06. The molecule has 1 N–H and O–H groups in total. The van der Waals surface area contributed by atoms with Gasteiger partial charge in [-0.3, -0.25) is 14.5 Å². The maximum Gasteiger partial charge on any atom is 0.227 e. The number of Topliss-reactive ketones (excluding diaryl/α,β-unsaturated/α-hetero) is 1. The number of ketones is 1. The lowest BCUT2D eigenvalue weighted by Gasteiger charge is -2.35. The Hall–Kier alpha value is -3.66. The van der Waals surface area contributed by atoms with Crippen LogP contribution in [0.4, 0.5) is 11.4 Å². The van der Waals surface area contributed by atoms with E-state index in [1.54, 1.807) is 0 Å². The van der Waals surface area contributed by atoms with E-state index in [9.17, 15) is 9.59 Å². The summed E-state index contributed by atoms with van der Waals surface area (Å²) in [6.45, 7) is 4.22. The van der Waals surface area contributed by atoms with E-state index in [4.69, 9.17) is 0 Å². The van der Waals surface area contributed by atoms with Crippen LogP contribution in [0.15, 0.2) is 90.1 Å². The Balaban J connectivity index is 1.64. The fourth-order valence-corrected chi connectivity index (χ4v) is 5.54. The number of hydrogen-bond acceptors (Lipinski definition) is 3. The number of anilines is 2. The van der Waals surface area contributed by atoms with E-state index in [2.05, 4.69) is 43.4 Å². The molecule has 0 spiro atoms. The number of allylic oxidation sites excluding steroid dienone is 1. The number of unbranched alkanes of at least 4 members (excludes halogenated alkanes) is 2. The Morgan fingerprint density at radius 2 is 1.61 bits per heavy atom. The van der Waals surface area contributed by atoms with Crippen LogP contribution in [0, 0.1) is 6.92 Å². The number of aryl methyl sites for hydroxylation is 1. The third-order valence-electron chi connectivity index (χ3n) is 7.42. The number of nitrogens with zero attached hydrogens (tertiary/aromatic N) is 1. The second-order valence-electron chi connectivity index (χ2n) is 10.0. The van der Waals surface area contributed by atoms with Gasteiger partial charge in [-0.1, -0.05) is 92.1 Å². The van der Waals surface area contributed by atoms with Crippen molar-refractivity contribution < 1.29 is 9.59 Å². The van der Waals surface area contributed by atoms with Gasteiger partial charge in [-0.05, 0) is 48.9 Å². The molecule has 2 atom stereocenters. The molecular weight excluding hydrogens is 444 g/mol. The average molecular weight is 479 g/mol. The zero-order chi connectivity index (χ0) is 25.1. The predicted octanol–water partition coefficient (Wildman–Crippen LogP) is 7.48. The molecule has 0 radical (unpaired) electrons. The minimum absolute atomic E-state index is 0.0637. The highest BCUT2D eigenvalue weighted by Crippen LogP contribution is 2.47. The molecule has 2 aliphatic rings. The lowest BCUT2D eigenvalue weighted by Crippen LogP contribution is -2.38. The van der Waals surface area contributed by atoms with Gasteiger partial charge in [-0.2, -0.15) is 0 Å². The van der Waals surface area contributed by atoms with E-state index in [1.165, 1.54) is 11.1 Å². The van der Waals surface area contributed by atoms with Crippen LogP contribution in [0.1, 0.15) is 74.1 Å². The monoisotopic (exact) mass is 478 g/mol. The van der Waals surface area contributed by atoms with Crippen LogP contribution in [0.2, 0.25) is 0 Å². The van der Waals surface area contributed by atoms with Gasteiger partial charge in [0, 0.05) is 24.1 Å². The van der Waals surface area contributed by atoms with E-state index in [-0.39, 0.29) is 17.6 Å². The summed E-state index contributed by atoms with van der Waals surface area (Å²) in [5, 5.41) is 3.62. The van der Waals surface area contributed by atoms with Crippen molar-refractivity contribution in [2.75, 3.05) is 10.2 Å². The lowest BCUT2D eigenvalue weighted by atomic mass is 9.78. The molecule has 0 saturated heterocycles. The first kappa shape index (κ1) is 24.1. The smallest absolute Gasteiger partial charge is 0.227 e. The Kier molecular flexibility index (Phi) is 7.04. The molecule has 4 nitrogen and oxygen atoms in total. The Morgan fingerprint density at radius 3 is 2.36 bits per heavy atom. The molecule has 184 valence electrons. The van der Waals surface area contributed by atoms with Crippen molar-refractivity contribution >= 4 is 23.1 Å². The van der Waals surface area contributed by atoms with Crippen molar-refractivity contribution in [3.8, 4) is 0 Å².